The van der Waals surface area contributed by atoms with E-state index in [1.807, 2.05) is 91.0 Å². The van der Waals surface area contributed by atoms with Gasteiger partial charge in [0.15, 0.2) is 23.1 Å². The Morgan fingerprint density at radius 1 is 0.378 bits per heavy atom. The van der Waals surface area contributed by atoms with Crippen LogP contribution in [0.3, 0.4) is 0 Å². The van der Waals surface area contributed by atoms with Gasteiger partial charge in [-0.2, -0.15) is 0 Å². The van der Waals surface area contributed by atoms with Gasteiger partial charge in [-0.15, -0.1) is 0 Å². The minimum atomic E-state index is 0.606. The van der Waals surface area contributed by atoms with E-state index in [-0.39, 0.29) is 0 Å². The summed E-state index contributed by atoms with van der Waals surface area (Å²) in [5.41, 5.74) is 5.34. The molecule has 45 heavy (non-hydrogen) atoms. The molecular formula is C40H24N4O. The highest BCUT2D eigenvalue weighted by Crippen LogP contribution is 2.41. The molecular weight excluding hydrogens is 552 g/mol. The van der Waals surface area contributed by atoms with E-state index in [2.05, 4.69) is 54.6 Å². The molecule has 5 heteroatoms. The summed E-state index contributed by atoms with van der Waals surface area (Å²) < 4.78 is 6.53. The Hall–Kier alpha value is -6.20. The maximum Gasteiger partial charge on any atom is 0.227 e. The van der Waals surface area contributed by atoms with Gasteiger partial charge in [-0.25, -0.2) is 19.9 Å². The van der Waals surface area contributed by atoms with Crippen LogP contribution in [0, 0.1) is 0 Å². The lowest BCUT2D eigenvalue weighted by Gasteiger charge is -2.12. The molecule has 0 saturated carbocycles. The number of benzene rings is 7. The average Bonchev–Trinajstić information content (AvgIpc) is 3.58. The molecule has 210 valence electrons. The normalized spacial score (nSPS) is 11.6. The highest BCUT2D eigenvalue weighted by Gasteiger charge is 2.19. The number of aromatic nitrogens is 4. The first-order chi connectivity index (χ1) is 22.3. The van der Waals surface area contributed by atoms with Crippen molar-refractivity contribution in [2.75, 3.05) is 0 Å². The van der Waals surface area contributed by atoms with Gasteiger partial charge >= 0.3 is 0 Å². The molecule has 0 bridgehead atoms. The fourth-order valence-corrected chi connectivity index (χ4v) is 6.17. The van der Waals surface area contributed by atoms with Gasteiger partial charge in [0.2, 0.25) is 5.89 Å². The van der Waals surface area contributed by atoms with Crippen LogP contribution in [0.15, 0.2) is 150 Å². The second-order valence-electron chi connectivity index (χ2n) is 11.1. The van der Waals surface area contributed by atoms with Gasteiger partial charge < -0.3 is 4.42 Å². The topological polar surface area (TPSA) is 64.7 Å². The van der Waals surface area contributed by atoms with E-state index in [1.54, 1.807) is 0 Å². The van der Waals surface area contributed by atoms with Crippen molar-refractivity contribution in [1.29, 1.82) is 0 Å². The maximum atomic E-state index is 6.53. The molecule has 0 atom stereocenters. The fraction of sp³-hybridized carbons (Fsp3) is 0. The predicted octanol–water partition coefficient (Wildman–Crippen LogP) is 10.1. The summed E-state index contributed by atoms with van der Waals surface area (Å²) >= 11 is 0. The molecule has 2 heterocycles. The molecule has 0 aliphatic carbocycles. The summed E-state index contributed by atoms with van der Waals surface area (Å²) in [5.74, 6) is 2.48. The van der Waals surface area contributed by atoms with Crippen LogP contribution in [-0.2, 0) is 0 Å². The molecule has 0 saturated heterocycles. The molecule has 0 aliphatic rings. The molecule has 0 fully saturated rings. The zero-order valence-corrected chi connectivity index (χ0v) is 24.1. The van der Waals surface area contributed by atoms with Gasteiger partial charge in [-0.3, -0.25) is 0 Å². The van der Waals surface area contributed by atoms with Gasteiger partial charge in [-0.05, 0) is 45.8 Å². The van der Waals surface area contributed by atoms with Gasteiger partial charge in [0, 0.05) is 33.0 Å². The lowest BCUT2D eigenvalue weighted by molar-refractivity contribution is 0.623. The third-order valence-electron chi connectivity index (χ3n) is 8.32. The van der Waals surface area contributed by atoms with Crippen LogP contribution in [0.5, 0.6) is 0 Å². The largest absolute Gasteiger partial charge is 0.435 e. The lowest BCUT2D eigenvalue weighted by Crippen LogP contribution is -2.00. The Morgan fingerprint density at radius 2 is 0.933 bits per heavy atom. The molecule has 0 radical (unpaired) electrons. The Morgan fingerprint density at radius 3 is 1.60 bits per heavy atom. The first-order valence-electron chi connectivity index (χ1n) is 14.9. The monoisotopic (exact) mass is 576 g/mol. The quantitative estimate of drug-likeness (QED) is 0.195. The summed E-state index contributed by atoms with van der Waals surface area (Å²) in [6, 6.07) is 49.3. The van der Waals surface area contributed by atoms with Crippen LogP contribution in [0.2, 0.25) is 0 Å². The molecule has 5 nitrogen and oxygen atoms in total. The smallest absolute Gasteiger partial charge is 0.227 e. The highest BCUT2D eigenvalue weighted by atomic mass is 16.3. The second kappa shape index (κ2) is 10.2. The molecule has 0 aliphatic heterocycles. The molecule has 7 aromatic carbocycles. The first-order valence-corrected chi connectivity index (χ1v) is 14.9. The Labute approximate surface area is 258 Å². The molecule has 0 unspecified atom stereocenters. The zero-order valence-electron chi connectivity index (χ0n) is 24.1. The lowest BCUT2D eigenvalue weighted by atomic mass is 9.94. The van der Waals surface area contributed by atoms with Gasteiger partial charge in [0.1, 0.15) is 5.52 Å². The molecule has 9 rings (SSSR count). The summed E-state index contributed by atoms with van der Waals surface area (Å²) in [7, 11) is 0. The fourth-order valence-electron chi connectivity index (χ4n) is 6.17. The van der Waals surface area contributed by atoms with E-state index in [9.17, 15) is 0 Å². The maximum absolute atomic E-state index is 6.53. The summed E-state index contributed by atoms with van der Waals surface area (Å²) in [6.45, 7) is 0. The summed E-state index contributed by atoms with van der Waals surface area (Å²) in [4.78, 5) is 19.9. The number of fused-ring (bicyclic) bond motifs is 8. The van der Waals surface area contributed by atoms with Crippen molar-refractivity contribution in [3.05, 3.63) is 146 Å². The standard InChI is InChI=1S/C40H24N4O/c1-4-13-26(14-5-1)37-42-38(27-15-6-2-7-16-27)44-39(43-37)29-21-22-31-33(24-29)34-30-19-11-10-12-25(30)20-23-32(34)35-36(31)45-40(41-35)28-17-8-3-9-18-28/h1-24H. The van der Waals surface area contributed by atoms with E-state index in [1.165, 1.54) is 5.39 Å². The van der Waals surface area contributed by atoms with Crippen LogP contribution in [-0.4, -0.2) is 19.9 Å². The first kappa shape index (κ1) is 25.3. The molecule has 0 spiro atoms. The van der Waals surface area contributed by atoms with E-state index in [4.69, 9.17) is 24.4 Å². The van der Waals surface area contributed by atoms with Crippen molar-refractivity contribution >= 4 is 43.4 Å². The van der Waals surface area contributed by atoms with E-state index in [0.29, 0.717) is 23.4 Å². The van der Waals surface area contributed by atoms with Gasteiger partial charge in [-0.1, -0.05) is 121 Å². The third kappa shape index (κ3) is 4.25. The Bertz CT molecular complexity index is 2470. The summed E-state index contributed by atoms with van der Waals surface area (Å²) in [6.07, 6.45) is 0. The number of hydrogen-bond acceptors (Lipinski definition) is 5. The van der Waals surface area contributed by atoms with Crippen LogP contribution in [0.4, 0.5) is 0 Å². The van der Waals surface area contributed by atoms with Crippen LogP contribution < -0.4 is 0 Å². The van der Waals surface area contributed by atoms with Crippen LogP contribution in [0.1, 0.15) is 0 Å². The predicted molar refractivity (Wildman–Crippen MR) is 182 cm³/mol. The van der Waals surface area contributed by atoms with Crippen LogP contribution in [0.25, 0.3) is 89.0 Å². The molecule has 2 aromatic heterocycles. The Kier molecular flexibility index (Phi) is 5.74. The average molecular weight is 577 g/mol. The minimum Gasteiger partial charge on any atom is -0.435 e. The molecule has 0 N–H and O–H groups in total. The van der Waals surface area contributed by atoms with Crippen molar-refractivity contribution in [3.8, 4) is 45.6 Å². The zero-order chi connectivity index (χ0) is 29.7. The van der Waals surface area contributed by atoms with E-state index < -0.39 is 0 Å². The van der Waals surface area contributed by atoms with E-state index >= 15 is 0 Å². The molecule has 9 aromatic rings. The summed E-state index contributed by atoms with van der Waals surface area (Å²) in [5, 5.41) is 6.56. The van der Waals surface area contributed by atoms with E-state index in [0.717, 1.165) is 60.3 Å². The molecule has 0 amide bonds. The minimum absolute atomic E-state index is 0.606. The number of rotatable bonds is 4. The van der Waals surface area contributed by atoms with Crippen LogP contribution >= 0.6 is 0 Å². The number of hydrogen-bond donors (Lipinski definition) is 0. The van der Waals surface area contributed by atoms with Crippen molar-refractivity contribution in [1.82, 2.24) is 19.9 Å². The van der Waals surface area contributed by atoms with Crippen molar-refractivity contribution < 1.29 is 4.42 Å². The van der Waals surface area contributed by atoms with Gasteiger partial charge in [0.05, 0.1) is 0 Å². The number of nitrogens with zero attached hydrogens (tertiary/aromatic N) is 4. The third-order valence-corrected chi connectivity index (χ3v) is 8.32. The number of oxazole rings is 1. The van der Waals surface area contributed by atoms with Gasteiger partial charge in [0.25, 0.3) is 0 Å². The highest BCUT2D eigenvalue weighted by molar-refractivity contribution is 6.30. The SMILES string of the molecule is c1ccc(-c2nc(-c3ccccc3)nc(-c3ccc4c(c3)c3c5ccccc5ccc3c3nc(-c5ccccc5)oc43)n2)cc1. The van der Waals surface area contributed by atoms with Crippen molar-refractivity contribution in [2.45, 2.75) is 0 Å². The Balaban J connectivity index is 1.35. The second-order valence-corrected chi connectivity index (χ2v) is 11.1. The van der Waals surface area contributed by atoms with Crippen molar-refractivity contribution in [3.63, 3.8) is 0 Å². The van der Waals surface area contributed by atoms with Crippen molar-refractivity contribution in [2.24, 2.45) is 0 Å².